The zero-order valence-corrected chi connectivity index (χ0v) is 13.0. The zero-order chi connectivity index (χ0) is 14.7. The minimum Gasteiger partial charge on any atom is -0.489 e. The summed E-state index contributed by atoms with van der Waals surface area (Å²) >= 11 is 5.88. The molecule has 2 nitrogen and oxygen atoms in total. The zero-order valence-electron chi connectivity index (χ0n) is 12.3. The first kappa shape index (κ1) is 14.4. The highest BCUT2D eigenvalue weighted by molar-refractivity contribution is 6.30. The number of benzene rings is 2. The van der Waals surface area contributed by atoms with Crippen LogP contribution in [0.25, 0.3) is 0 Å². The fourth-order valence-electron chi connectivity index (χ4n) is 2.41. The summed E-state index contributed by atoms with van der Waals surface area (Å²) in [7, 11) is 2.19. The molecule has 0 unspecified atom stereocenters. The van der Waals surface area contributed by atoms with E-state index in [1.54, 1.807) is 0 Å². The van der Waals surface area contributed by atoms with Gasteiger partial charge >= 0.3 is 0 Å². The Morgan fingerprint density at radius 3 is 2.57 bits per heavy atom. The second-order valence-electron chi connectivity index (χ2n) is 5.71. The van der Waals surface area contributed by atoms with Gasteiger partial charge in [-0.2, -0.15) is 0 Å². The van der Waals surface area contributed by atoms with Crippen LogP contribution in [0.15, 0.2) is 48.5 Å². The summed E-state index contributed by atoms with van der Waals surface area (Å²) in [5.41, 5.74) is 2.43. The van der Waals surface area contributed by atoms with Crippen LogP contribution in [0.3, 0.4) is 0 Å². The Hall–Kier alpha value is -1.51. The maximum atomic E-state index is 5.88. The molecule has 1 aliphatic rings. The van der Waals surface area contributed by atoms with Crippen LogP contribution in [0.5, 0.6) is 5.75 Å². The summed E-state index contributed by atoms with van der Waals surface area (Å²) < 4.78 is 5.87. The lowest BCUT2D eigenvalue weighted by atomic mass is 10.2. The predicted molar refractivity (Wildman–Crippen MR) is 86.7 cm³/mol. The van der Waals surface area contributed by atoms with Crippen molar-refractivity contribution in [3.05, 3.63) is 64.7 Å². The van der Waals surface area contributed by atoms with E-state index in [1.807, 2.05) is 30.3 Å². The monoisotopic (exact) mass is 301 g/mol. The Morgan fingerprint density at radius 2 is 1.86 bits per heavy atom. The molecule has 1 aliphatic carbocycles. The maximum absolute atomic E-state index is 5.88. The molecule has 3 rings (SSSR count). The van der Waals surface area contributed by atoms with Crippen LogP contribution in [0.2, 0.25) is 5.02 Å². The quantitative estimate of drug-likeness (QED) is 0.778. The molecule has 110 valence electrons. The van der Waals surface area contributed by atoms with Crippen LogP contribution in [-0.2, 0) is 13.2 Å². The summed E-state index contributed by atoms with van der Waals surface area (Å²) in [4.78, 5) is 2.41. The van der Waals surface area contributed by atoms with E-state index in [1.165, 1.54) is 18.4 Å². The number of hydrogen-bond acceptors (Lipinski definition) is 2. The molecule has 0 radical (unpaired) electrons. The summed E-state index contributed by atoms with van der Waals surface area (Å²) in [5, 5.41) is 0.754. The molecule has 0 N–H and O–H groups in total. The topological polar surface area (TPSA) is 12.5 Å². The molecule has 1 saturated carbocycles. The van der Waals surface area contributed by atoms with Crippen molar-refractivity contribution >= 4 is 11.6 Å². The summed E-state index contributed by atoms with van der Waals surface area (Å²) in [6.07, 6.45) is 2.67. The van der Waals surface area contributed by atoms with E-state index < -0.39 is 0 Å². The average molecular weight is 302 g/mol. The summed E-state index contributed by atoms with van der Waals surface area (Å²) in [6.45, 7) is 1.56. The first-order valence-electron chi connectivity index (χ1n) is 7.37. The molecule has 3 heteroatoms. The lowest BCUT2D eigenvalue weighted by molar-refractivity contribution is 0.301. The molecule has 1 fully saturated rings. The second kappa shape index (κ2) is 6.50. The van der Waals surface area contributed by atoms with Crippen LogP contribution < -0.4 is 4.74 Å². The van der Waals surface area contributed by atoms with Crippen molar-refractivity contribution in [1.82, 2.24) is 4.90 Å². The van der Waals surface area contributed by atoms with Crippen molar-refractivity contribution in [3.8, 4) is 5.75 Å². The number of nitrogens with zero attached hydrogens (tertiary/aromatic N) is 1. The van der Waals surface area contributed by atoms with Crippen molar-refractivity contribution in [2.24, 2.45) is 0 Å². The Bertz CT molecular complexity index is 592. The van der Waals surface area contributed by atoms with E-state index in [4.69, 9.17) is 16.3 Å². The Morgan fingerprint density at radius 1 is 1.10 bits per heavy atom. The highest BCUT2D eigenvalue weighted by atomic mass is 35.5. The second-order valence-corrected chi connectivity index (χ2v) is 6.15. The standard InChI is InChI=1S/C18H20ClNO/c1-20(17-9-10-17)12-15-3-2-4-18(11-15)21-13-14-5-7-16(19)8-6-14/h2-8,11,17H,9-10,12-13H2,1H3. The normalized spacial score (nSPS) is 14.4. The van der Waals surface area contributed by atoms with Crippen LogP contribution >= 0.6 is 11.6 Å². The van der Waals surface area contributed by atoms with E-state index >= 15 is 0 Å². The minimum absolute atomic E-state index is 0.569. The largest absolute Gasteiger partial charge is 0.489 e. The lowest BCUT2D eigenvalue weighted by Gasteiger charge is -2.16. The van der Waals surface area contributed by atoms with Gasteiger partial charge in [-0.25, -0.2) is 0 Å². The highest BCUT2D eigenvalue weighted by Crippen LogP contribution is 2.27. The van der Waals surface area contributed by atoms with E-state index in [-0.39, 0.29) is 0 Å². The molecule has 0 aromatic heterocycles. The molecule has 0 amide bonds. The van der Waals surface area contributed by atoms with Crippen LogP contribution in [0.4, 0.5) is 0 Å². The molecule has 0 aliphatic heterocycles. The lowest BCUT2D eigenvalue weighted by Crippen LogP contribution is -2.19. The van der Waals surface area contributed by atoms with Gasteiger partial charge in [-0.1, -0.05) is 35.9 Å². The Labute approximate surface area is 131 Å². The molecule has 2 aromatic carbocycles. The van der Waals surface area contributed by atoms with Crippen molar-refractivity contribution in [2.45, 2.75) is 32.0 Å². The molecule has 0 bridgehead atoms. The Kier molecular flexibility index (Phi) is 4.47. The fourth-order valence-corrected chi connectivity index (χ4v) is 2.54. The van der Waals surface area contributed by atoms with Crippen molar-refractivity contribution < 1.29 is 4.74 Å². The molecule has 21 heavy (non-hydrogen) atoms. The SMILES string of the molecule is CN(Cc1cccc(OCc2ccc(Cl)cc2)c1)C1CC1. The van der Waals surface area contributed by atoms with Crippen molar-refractivity contribution in [2.75, 3.05) is 7.05 Å². The van der Waals surface area contributed by atoms with Gasteiger partial charge in [0.15, 0.2) is 0 Å². The third-order valence-electron chi connectivity index (χ3n) is 3.82. The van der Waals surface area contributed by atoms with Crippen LogP contribution in [0.1, 0.15) is 24.0 Å². The fraction of sp³-hybridized carbons (Fsp3) is 0.333. The number of halogens is 1. The summed E-state index contributed by atoms with van der Waals surface area (Å²) in [5.74, 6) is 0.923. The first-order valence-corrected chi connectivity index (χ1v) is 7.75. The first-order chi connectivity index (χ1) is 10.2. The average Bonchev–Trinajstić information content (AvgIpc) is 3.32. The maximum Gasteiger partial charge on any atom is 0.120 e. The smallest absolute Gasteiger partial charge is 0.120 e. The Balaban J connectivity index is 1.58. The molecule has 0 spiro atoms. The van der Waals surface area contributed by atoms with Crippen molar-refractivity contribution in [3.63, 3.8) is 0 Å². The number of ether oxygens (including phenoxy) is 1. The molecule has 0 atom stereocenters. The minimum atomic E-state index is 0.569. The van der Waals surface area contributed by atoms with Gasteiger partial charge < -0.3 is 4.74 Å². The van der Waals surface area contributed by atoms with Gasteiger partial charge in [0.25, 0.3) is 0 Å². The van der Waals surface area contributed by atoms with Gasteiger partial charge in [-0.05, 0) is 55.3 Å². The van der Waals surface area contributed by atoms with Gasteiger partial charge in [0.1, 0.15) is 12.4 Å². The molecular formula is C18H20ClNO. The van der Waals surface area contributed by atoms with E-state index in [9.17, 15) is 0 Å². The third kappa shape index (κ3) is 4.23. The van der Waals surface area contributed by atoms with Crippen LogP contribution in [-0.4, -0.2) is 18.0 Å². The predicted octanol–water partition coefficient (Wildman–Crippen LogP) is 4.51. The van der Waals surface area contributed by atoms with E-state index in [0.717, 1.165) is 28.9 Å². The van der Waals surface area contributed by atoms with Gasteiger partial charge in [0, 0.05) is 17.6 Å². The highest BCUT2D eigenvalue weighted by Gasteiger charge is 2.25. The molecule has 0 heterocycles. The van der Waals surface area contributed by atoms with E-state index in [0.29, 0.717) is 6.61 Å². The van der Waals surface area contributed by atoms with Gasteiger partial charge in [-0.15, -0.1) is 0 Å². The van der Waals surface area contributed by atoms with E-state index in [2.05, 4.69) is 30.1 Å². The van der Waals surface area contributed by atoms with Gasteiger partial charge in [0.05, 0.1) is 0 Å². The molecule has 2 aromatic rings. The molecular weight excluding hydrogens is 282 g/mol. The molecule has 0 saturated heterocycles. The van der Waals surface area contributed by atoms with Gasteiger partial charge in [0.2, 0.25) is 0 Å². The third-order valence-corrected chi connectivity index (χ3v) is 4.07. The van der Waals surface area contributed by atoms with Crippen molar-refractivity contribution in [1.29, 1.82) is 0 Å². The van der Waals surface area contributed by atoms with Crippen LogP contribution in [0, 0.1) is 0 Å². The number of rotatable bonds is 6. The number of hydrogen-bond donors (Lipinski definition) is 0. The van der Waals surface area contributed by atoms with Gasteiger partial charge in [-0.3, -0.25) is 4.90 Å². The summed E-state index contributed by atoms with van der Waals surface area (Å²) in [6, 6.07) is 16.9.